The summed E-state index contributed by atoms with van der Waals surface area (Å²) in [4.78, 5) is 26.8. The van der Waals surface area contributed by atoms with Crippen molar-refractivity contribution < 1.29 is 19.1 Å². The van der Waals surface area contributed by atoms with E-state index in [4.69, 9.17) is 33.3 Å². The van der Waals surface area contributed by atoms with E-state index in [2.05, 4.69) is 21.2 Å². The van der Waals surface area contributed by atoms with Crippen LogP contribution in [-0.4, -0.2) is 30.6 Å². The van der Waals surface area contributed by atoms with Gasteiger partial charge >= 0.3 is 0 Å². The molecule has 0 saturated carbocycles. The Morgan fingerprint density at radius 2 is 1.93 bits per heavy atom. The molecule has 1 aliphatic rings. The predicted octanol–water partition coefficient (Wildman–Crippen LogP) is 4.34. The Kier molecular flexibility index (Phi) is 6.56. The van der Waals surface area contributed by atoms with Crippen molar-refractivity contribution in [1.29, 1.82) is 0 Å². The number of halogens is 2. The Morgan fingerprint density at radius 3 is 2.55 bits per heavy atom. The predicted molar refractivity (Wildman–Crippen MR) is 120 cm³/mol. The van der Waals surface area contributed by atoms with Crippen molar-refractivity contribution in [1.82, 2.24) is 5.32 Å². The van der Waals surface area contributed by atoms with Gasteiger partial charge in [-0.25, -0.2) is 0 Å². The van der Waals surface area contributed by atoms with Crippen molar-refractivity contribution in [3.63, 3.8) is 0 Å². The molecule has 1 saturated heterocycles. The summed E-state index contributed by atoms with van der Waals surface area (Å²) < 4.78 is 11.6. The van der Waals surface area contributed by atoms with Crippen LogP contribution in [0, 0.1) is 0 Å². The number of thiocarbonyl (C=S) groups is 1. The van der Waals surface area contributed by atoms with Crippen LogP contribution in [0.1, 0.15) is 12.5 Å². The van der Waals surface area contributed by atoms with Gasteiger partial charge in [-0.1, -0.05) is 11.6 Å². The molecule has 0 aliphatic carbocycles. The van der Waals surface area contributed by atoms with Crippen LogP contribution in [0.2, 0.25) is 5.02 Å². The minimum Gasteiger partial charge on any atom is -0.493 e. The molecule has 0 atom stereocenters. The van der Waals surface area contributed by atoms with Gasteiger partial charge in [0.15, 0.2) is 16.6 Å². The maximum atomic E-state index is 13.1. The fourth-order valence-electron chi connectivity index (χ4n) is 2.76. The summed E-state index contributed by atoms with van der Waals surface area (Å²) in [6.45, 7) is 2.32. The van der Waals surface area contributed by atoms with Gasteiger partial charge in [0.25, 0.3) is 11.8 Å². The molecule has 1 aliphatic heterocycles. The van der Waals surface area contributed by atoms with E-state index in [1.807, 2.05) is 6.92 Å². The summed E-state index contributed by atoms with van der Waals surface area (Å²) in [6.07, 6.45) is 1.48. The molecular formula is C20H16BrClN2O4S. The lowest BCUT2D eigenvalue weighted by molar-refractivity contribution is -0.122. The lowest BCUT2D eigenvalue weighted by atomic mass is 10.1. The molecule has 29 heavy (non-hydrogen) atoms. The van der Waals surface area contributed by atoms with E-state index in [0.29, 0.717) is 38.9 Å². The number of nitrogens with one attached hydrogen (secondary N) is 1. The van der Waals surface area contributed by atoms with Gasteiger partial charge in [0, 0.05) is 5.02 Å². The topological polar surface area (TPSA) is 67.9 Å². The third kappa shape index (κ3) is 4.44. The van der Waals surface area contributed by atoms with Crippen LogP contribution in [0.25, 0.3) is 6.08 Å². The van der Waals surface area contributed by atoms with Crippen LogP contribution in [0.15, 0.2) is 46.4 Å². The highest BCUT2D eigenvalue weighted by Crippen LogP contribution is 2.37. The third-order valence-corrected chi connectivity index (χ3v) is 5.16. The summed E-state index contributed by atoms with van der Waals surface area (Å²) >= 11 is 14.5. The molecule has 2 amide bonds. The van der Waals surface area contributed by atoms with Crippen LogP contribution in [0.4, 0.5) is 5.69 Å². The van der Waals surface area contributed by atoms with Gasteiger partial charge in [0.05, 0.1) is 23.9 Å². The minimum absolute atomic E-state index is 0.00456. The van der Waals surface area contributed by atoms with Gasteiger partial charge in [-0.3, -0.25) is 19.8 Å². The van der Waals surface area contributed by atoms with Crippen molar-refractivity contribution in [2.75, 3.05) is 18.6 Å². The van der Waals surface area contributed by atoms with Gasteiger partial charge in [-0.05, 0) is 83.1 Å². The number of anilines is 1. The van der Waals surface area contributed by atoms with Crippen LogP contribution in [0.3, 0.4) is 0 Å². The number of hydrogen-bond donors (Lipinski definition) is 1. The second-order valence-electron chi connectivity index (χ2n) is 5.90. The zero-order chi connectivity index (χ0) is 21.1. The largest absolute Gasteiger partial charge is 0.493 e. The molecule has 1 heterocycles. The smallest absolute Gasteiger partial charge is 0.270 e. The van der Waals surface area contributed by atoms with Gasteiger partial charge < -0.3 is 9.47 Å². The summed E-state index contributed by atoms with van der Waals surface area (Å²) in [6, 6.07) is 10.0. The summed E-state index contributed by atoms with van der Waals surface area (Å²) in [5.41, 5.74) is 1.02. The fraction of sp³-hybridized carbons (Fsp3) is 0.150. The Balaban J connectivity index is 2.02. The highest BCUT2D eigenvalue weighted by Gasteiger charge is 2.34. The van der Waals surface area contributed by atoms with E-state index < -0.39 is 11.8 Å². The summed E-state index contributed by atoms with van der Waals surface area (Å²) in [7, 11) is 1.51. The number of rotatable bonds is 5. The number of amides is 2. The number of benzene rings is 2. The van der Waals surface area contributed by atoms with E-state index in [0.717, 1.165) is 0 Å². The highest BCUT2D eigenvalue weighted by atomic mass is 79.9. The normalized spacial score (nSPS) is 15.5. The number of carbonyl (C=O) groups is 2. The molecule has 1 N–H and O–H groups in total. The van der Waals surface area contributed by atoms with E-state index in [-0.39, 0.29) is 10.7 Å². The molecule has 6 nitrogen and oxygen atoms in total. The molecule has 0 radical (unpaired) electrons. The average Bonchev–Trinajstić information content (AvgIpc) is 2.68. The quantitative estimate of drug-likeness (QED) is 0.380. The molecule has 1 fully saturated rings. The van der Waals surface area contributed by atoms with Crippen LogP contribution in [0.5, 0.6) is 11.5 Å². The molecule has 0 bridgehead atoms. The molecule has 3 rings (SSSR count). The lowest BCUT2D eigenvalue weighted by Crippen LogP contribution is -2.54. The van der Waals surface area contributed by atoms with E-state index in [1.165, 1.54) is 18.1 Å². The Hall–Kier alpha value is -2.42. The monoisotopic (exact) mass is 494 g/mol. The number of methoxy groups -OCH3 is 1. The average molecular weight is 496 g/mol. The van der Waals surface area contributed by atoms with Crippen molar-refractivity contribution in [2.45, 2.75) is 6.92 Å². The lowest BCUT2D eigenvalue weighted by Gasteiger charge is -2.29. The van der Waals surface area contributed by atoms with Crippen LogP contribution >= 0.6 is 39.7 Å². The Morgan fingerprint density at radius 1 is 1.24 bits per heavy atom. The van der Waals surface area contributed by atoms with E-state index in [1.54, 1.807) is 36.4 Å². The Bertz CT molecular complexity index is 1020. The second-order valence-corrected chi connectivity index (χ2v) is 7.58. The molecule has 0 unspecified atom stereocenters. The van der Waals surface area contributed by atoms with Crippen LogP contribution < -0.4 is 19.7 Å². The maximum Gasteiger partial charge on any atom is 0.270 e. The van der Waals surface area contributed by atoms with Crippen molar-refractivity contribution in [2.24, 2.45) is 0 Å². The summed E-state index contributed by atoms with van der Waals surface area (Å²) in [5, 5.41) is 3.07. The maximum absolute atomic E-state index is 13.1. The number of nitrogens with zero attached hydrogens (tertiary/aromatic N) is 1. The molecule has 0 spiro atoms. The van der Waals surface area contributed by atoms with Crippen LogP contribution in [-0.2, 0) is 9.59 Å². The number of ether oxygens (including phenoxy) is 2. The SMILES string of the molecule is CCOc1c(Br)cc(/C=C2/C(=O)NC(=S)N(c3ccc(Cl)cc3)C2=O)cc1OC. The highest BCUT2D eigenvalue weighted by molar-refractivity contribution is 9.10. The molecule has 0 aromatic heterocycles. The van der Waals surface area contributed by atoms with Gasteiger partial charge in [-0.15, -0.1) is 0 Å². The summed E-state index contributed by atoms with van der Waals surface area (Å²) in [5.74, 6) is -0.0957. The second kappa shape index (κ2) is 8.94. The van der Waals surface area contributed by atoms with E-state index >= 15 is 0 Å². The zero-order valence-electron chi connectivity index (χ0n) is 15.5. The Labute approximate surface area is 186 Å². The standard InChI is InChI=1S/C20H16BrClN2O4S/c1-3-28-17-15(21)9-11(10-16(17)27-2)8-14-18(25)23-20(29)24(19(14)26)13-6-4-12(22)5-7-13/h4-10H,3H2,1-2H3,(H,23,25,29)/b14-8-. The molecular weight excluding hydrogens is 480 g/mol. The minimum atomic E-state index is -0.575. The number of carbonyl (C=O) groups excluding carboxylic acids is 2. The molecule has 150 valence electrons. The van der Waals surface area contributed by atoms with Gasteiger partial charge in [0.1, 0.15) is 5.57 Å². The first-order valence-electron chi connectivity index (χ1n) is 8.53. The van der Waals surface area contributed by atoms with Gasteiger partial charge in [0.2, 0.25) is 0 Å². The van der Waals surface area contributed by atoms with E-state index in [9.17, 15) is 9.59 Å². The third-order valence-electron chi connectivity index (χ3n) is 4.04. The first-order valence-corrected chi connectivity index (χ1v) is 10.1. The molecule has 2 aromatic carbocycles. The van der Waals surface area contributed by atoms with Crippen molar-refractivity contribution in [3.05, 3.63) is 57.0 Å². The van der Waals surface area contributed by atoms with Crippen molar-refractivity contribution in [3.8, 4) is 11.5 Å². The van der Waals surface area contributed by atoms with Gasteiger partial charge in [-0.2, -0.15) is 0 Å². The molecule has 2 aromatic rings. The fourth-order valence-corrected chi connectivity index (χ4v) is 3.74. The van der Waals surface area contributed by atoms with Crippen molar-refractivity contribution >= 4 is 68.4 Å². The zero-order valence-corrected chi connectivity index (χ0v) is 18.7. The number of hydrogen-bond acceptors (Lipinski definition) is 5. The first kappa shape index (κ1) is 21.3. The molecule has 9 heteroatoms. The first-order chi connectivity index (χ1) is 13.8.